The fraction of sp³-hybridized carbons (Fsp3) is 0.500. The van der Waals surface area contributed by atoms with Gasteiger partial charge in [-0.2, -0.15) is 0 Å². The van der Waals surface area contributed by atoms with Crippen molar-refractivity contribution in [3.63, 3.8) is 0 Å². The Hall–Kier alpha value is -2.59. The number of rotatable bonds is 5. The highest BCUT2D eigenvalue weighted by atomic mass is 32.2. The second-order valence-electron chi connectivity index (χ2n) is 7.11. The molecule has 0 aliphatic carbocycles. The molecule has 30 heavy (non-hydrogen) atoms. The number of methoxy groups -OCH3 is 3. The minimum absolute atomic E-state index is 0.0616. The Balaban J connectivity index is 1.87. The van der Waals surface area contributed by atoms with Gasteiger partial charge in [0.2, 0.25) is 5.91 Å². The maximum Gasteiger partial charge on any atom is 0.270 e. The minimum atomic E-state index is -0.418. The summed E-state index contributed by atoms with van der Waals surface area (Å²) in [6.45, 7) is 1.24. The topological polar surface area (TPSA) is 104 Å². The van der Waals surface area contributed by atoms with Gasteiger partial charge in [0.05, 0.1) is 43.9 Å². The Labute approximate surface area is 178 Å². The number of hydrogen-bond donors (Lipinski definition) is 2. The SMILES string of the molecule is COc1cc(OC)c([C@H]2SCC(=O)Nc3c2c(=O)[nH]n3C2CCOCC2)cc1OC. The first-order valence-corrected chi connectivity index (χ1v) is 10.8. The monoisotopic (exact) mass is 435 g/mol. The largest absolute Gasteiger partial charge is 0.496 e. The quantitative estimate of drug-likeness (QED) is 0.743. The molecule has 2 aliphatic rings. The van der Waals surface area contributed by atoms with Crippen molar-refractivity contribution in [3.8, 4) is 17.2 Å². The zero-order valence-corrected chi connectivity index (χ0v) is 18.0. The van der Waals surface area contributed by atoms with Crippen LogP contribution in [0.15, 0.2) is 16.9 Å². The van der Waals surface area contributed by atoms with Crippen molar-refractivity contribution in [2.45, 2.75) is 24.1 Å². The van der Waals surface area contributed by atoms with Gasteiger partial charge < -0.3 is 24.3 Å². The lowest BCUT2D eigenvalue weighted by Crippen LogP contribution is -2.24. The standard InChI is InChI=1S/C20H25N3O6S/c1-26-13-9-15(28-3)14(27-2)8-12(13)18-17-19(21-16(24)10-30-18)23(22-20(17)25)11-4-6-29-7-5-11/h8-9,11,18H,4-7,10H2,1-3H3,(H,21,24)(H,22,25)/t18-/m1/s1. The summed E-state index contributed by atoms with van der Waals surface area (Å²) in [5.74, 6) is 2.19. The second-order valence-corrected chi connectivity index (χ2v) is 8.20. The minimum Gasteiger partial charge on any atom is -0.496 e. The first-order valence-electron chi connectivity index (χ1n) is 9.70. The third-order valence-corrected chi connectivity index (χ3v) is 6.69. The average Bonchev–Trinajstić information content (AvgIpc) is 2.98. The number of H-pyrrole nitrogens is 1. The van der Waals surface area contributed by atoms with Crippen LogP contribution in [0.2, 0.25) is 0 Å². The van der Waals surface area contributed by atoms with Crippen LogP contribution in [0.4, 0.5) is 5.82 Å². The molecule has 0 bridgehead atoms. The molecule has 1 saturated heterocycles. The van der Waals surface area contributed by atoms with Gasteiger partial charge in [-0.1, -0.05) is 0 Å². The molecule has 3 heterocycles. The first-order chi connectivity index (χ1) is 14.6. The van der Waals surface area contributed by atoms with Crippen molar-refractivity contribution in [1.29, 1.82) is 0 Å². The highest BCUT2D eigenvalue weighted by Gasteiger charge is 2.34. The molecule has 0 spiro atoms. The zero-order valence-electron chi connectivity index (χ0n) is 17.1. The Morgan fingerprint density at radius 3 is 2.37 bits per heavy atom. The van der Waals surface area contributed by atoms with Gasteiger partial charge in [0, 0.05) is 24.8 Å². The summed E-state index contributed by atoms with van der Waals surface area (Å²) in [7, 11) is 4.67. The van der Waals surface area contributed by atoms with Crippen LogP contribution >= 0.6 is 11.8 Å². The van der Waals surface area contributed by atoms with Crippen LogP contribution in [-0.2, 0) is 9.53 Å². The molecule has 0 saturated carbocycles. The van der Waals surface area contributed by atoms with Crippen LogP contribution < -0.4 is 25.1 Å². The van der Waals surface area contributed by atoms with Crippen LogP contribution in [0.25, 0.3) is 0 Å². The van der Waals surface area contributed by atoms with Gasteiger partial charge in [-0.05, 0) is 18.9 Å². The Kier molecular flexibility index (Phi) is 5.96. The molecular formula is C20H25N3O6S. The van der Waals surface area contributed by atoms with E-state index in [-0.39, 0.29) is 23.3 Å². The number of anilines is 1. The summed E-state index contributed by atoms with van der Waals surface area (Å²) < 4.78 is 23.7. The summed E-state index contributed by atoms with van der Waals surface area (Å²) in [4.78, 5) is 25.6. The van der Waals surface area contributed by atoms with Gasteiger partial charge in [-0.15, -0.1) is 11.8 Å². The van der Waals surface area contributed by atoms with E-state index < -0.39 is 5.25 Å². The Morgan fingerprint density at radius 2 is 1.70 bits per heavy atom. The molecule has 1 aromatic heterocycles. The van der Waals surface area contributed by atoms with Gasteiger partial charge in [0.1, 0.15) is 11.6 Å². The number of ether oxygens (including phenoxy) is 4. The van der Waals surface area contributed by atoms with Crippen LogP contribution in [0, 0.1) is 0 Å². The van der Waals surface area contributed by atoms with Crippen LogP contribution in [0.1, 0.15) is 35.3 Å². The van der Waals surface area contributed by atoms with Gasteiger partial charge in [-0.25, -0.2) is 0 Å². The molecule has 10 heteroatoms. The number of hydrogen-bond acceptors (Lipinski definition) is 7. The van der Waals surface area contributed by atoms with E-state index in [1.54, 1.807) is 38.1 Å². The molecule has 2 N–H and O–H groups in total. The molecule has 1 aromatic carbocycles. The number of benzene rings is 1. The van der Waals surface area contributed by atoms with Gasteiger partial charge in [-0.3, -0.25) is 19.4 Å². The number of fused-ring (bicyclic) bond motifs is 1. The lowest BCUT2D eigenvalue weighted by molar-refractivity contribution is -0.113. The van der Waals surface area contributed by atoms with Gasteiger partial charge >= 0.3 is 0 Å². The van der Waals surface area contributed by atoms with Crippen LogP contribution in [0.3, 0.4) is 0 Å². The zero-order chi connectivity index (χ0) is 21.3. The summed E-state index contributed by atoms with van der Waals surface area (Å²) in [5, 5.41) is 5.46. The molecule has 162 valence electrons. The van der Waals surface area contributed by atoms with E-state index in [0.29, 0.717) is 41.8 Å². The van der Waals surface area contributed by atoms with E-state index >= 15 is 0 Å². The summed E-state index contributed by atoms with van der Waals surface area (Å²) in [6, 6.07) is 3.60. The number of nitrogens with one attached hydrogen (secondary N) is 2. The van der Waals surface area contributed by atoms with E-state index in [1.807, 2.05) is 0 Å². The Bertz CT molecular complexity index is 995. The van der Waals surface area contributed by atoms with E-state index in [9.17, 15) is 9.59 Å². The second kappa shape index (κ2) is 8.65. The van der Waals surface area contributed by atoms with Crippen LogP contribution in [-0.4, -0.2) is 56.0 Å². The fourth-order valence-corrected chi connectivity index (χ4v) is 5.10. The number of nitrogens with zero attached hydrogens (tertiary/aromatic N) is 1. The van der Waals surface area contributed by atoms with E-state index in [1.165, 1.54) is 11.8 Å². The summed E-state index contributed by atoms with van der Waals surface area (Å²) >= 11 is 1.38. The first kappa shape index (κ1) is 20.7. The van der Waals surface area contributed by atoms with Gasteiger partial charge in [0.15, 0.2) is 11.5 Å². The lowest BCUT2D eigenvalue weighted by atomic mass is 10.0. The van der Waals surface area contributed by atoms with Crippen molar-refractivity contribution in [2.24, 2.45) is 0 Å². The molecule has 1 amide bonds. The van der Waals surface area contributed by atoms with Crippen molar-refractivity contribution < 1.29 is 23.7 Å². The number of aromatic amines is 1. The summed E-state index contributed by atoms with van der Waals surface area (Å²) in [5.41, 5.74) is 1.02. The van der Waals surface area contributed by atoms with Crippen molar-refractivity contribution in [2.75, 3.05) is 45.6 Å². The lowest BCUT2D eigenvalue weighted by Gasteiger charge is -2.25. The van der Waals surface area contributed by atoms with Crippen molar-refractivity contribution in [3.05, 3.63) is 33.6 Å². The molecule has 9 nitrogen and oxygen atoms in total. The van der Waals surface area contributed by atoms with E-state index in [4.69, 9.17) is 18.9 Å². The molecule has 0 radical (unpaired) electrons. The molecule has 2 aliphatic heterocycles. The van der Waals surface area contributed by atoms with Crippen molar-refractivity contribution in [1.82, 2.24) is 9.78 Å². The predicted molar refractivity (Wildman–Crippen MR) is 113 cm³/mol. The number of thioether (sulfide) groups is 1. The molecule has 2 aromatic rings. The number of amides is 1. The van der Waals surface area contributed by atoms with E-state index in [2.05, 4.69) is 10.4 Å². The highest BCUT2D eigenvalue weighted by molar-refractivity contribution is 8.00. The Morgan fingerprint density at radius 1 is 1.03 bits per heavy atom. The number of carbonyl (C=O) groups is 1. The smallest absolute Gasteiger partial charge is 0.270 e. The molecule has 1 fully saturated rings. The summed E-state index contributed by atoms with van der Waals surface area (Å²) in [6.07, 6.45) is 1.54. The molecule has 4 rings (SSSR count). The fourth-order valence-electron chi connectivity index (χ4n) is 3.96. The third-order valence-electron chi connectivity index (χ3n) is 5.44. The van der Waals surface area contributed by atoms with Gasteiger partial charge in [0.25, 0.3) is 5.56 Å². The van der Waals surface area contributed by atoms with E-state index in [0.717, 1.165) is 18.4 Å². The third kappa shape index (κ3) is 3.65. The normalized spacial score (nSPS) is 19.6. The van der Waals surface area contributed by atoms with Crippen LogP contribution in [0.5, 0.6) is 17.2 Å². The highest BCUT2D eigenvalue weighted by Crippen LogP contribution is 2.47. The molecule has 1 atom stereocenters. The molecule has 0 unspecified atom stereocenters. The number of carbonyl (C=O) groups excluding carboxylic acids is 1. The maximum atomic E-state index is 13.1. The predicted octanol–water partition coefficient (Wildman–Crippen LogP) is 2.33. The maximum absolute atomic E-state index is 13.1. The average molecular weight is 436 g/mol. The number of aromatic nitrogens is 2. The molecular weight excluding hydrogens is 410 g/mol. The van der Waals surface area contributed by atoms with Crippen molar-refractivity contribution >= 4 is 23.5 Å².